The van der Waals surface area contributed by atoms with Gasteiger partial charge in [-0.3, -0.25) is 9.69 Å². The van der Waals surface area contributed by atoms with E-state index in [1.807, 2.05) is 30.1 Å². The van der Waals surface area contributed by atoms with Gasteiger partial charge in [-0.25, -0.2) is 0 Å². The minimum atomic E-state index is -0.155. The van der Waals surface area contributed by atoms with Crippen molar-refractivity contribution in [2.45, 2.75) is 6.54 Å². The molecular formula is C20H18Cl2N2O. The molecule has 0 atom stereocenters. The third-order valence-electron chi connectivity index (χ3n) is 3.96. The van der Waals surface area contributed by atoms with E-state index < -0.39 is 0 Å². The minimum absolute atomic E-state index is 0.155. The Labute approximate surface area is 157 Å². The van der Waals surface area contributed by atoms with Crippen LogP contribution >= 0.6 is 23.2 Å². The lowest BCUT2D eigenvalue weighted by Gasteiger charge is -2.18. The Bertz CT molecular complexity index is 886. The average molecular weight is 373 g/mol. The number of nitrogens with one attached hydrogen (secondary N) is 1. The maximum atomic E-state index is 12.3. The molecule has 128 valence electrons. The van der Waals surface area contributed by atoms with E-state index >= 15 is 0 Å². The van der Waals surface area contributed by atoms with Crippen LogP contribution in [0.4, 0.5) is 5.69 Å². The van der Waals surface area contributed by atoms with Gasteiger partial charge in [0.2, 0.25) is 5.91 Å². The van der Waals surface area contributed by atoms with Crippen molar-refractivity contribution in [2.75, 3.05) is 18.9 Å². The summed E-state index contributed by atoms with van der Waals surface area (Å²) in [6.45, 7) is 0.913. The molecule has 1 amide bonds. The number of anilines is 1. The van der Waals surface area contributed by atoms with Gasteiger partial charge in [0, 0.05) is 6.54 Å². The smallest absolute Gasteiger partial charge is 0.238 e. The molecule has 0 radical (unpaired) electrons. The summed E-state index contributed by atoms with van der Waals surface area (Å²) in [6, 6.07) is 19.6. The van der Waals surface area contributed by atoms with Gasteiger partial charge in [0.05, 0.1) is 22.3 Å². The summed E-state index contributed by atoms with van der Waals surface area (Å²) in [5.41, 5.74) is 1.64. The van der Waals surface area contributed by atoms with Gasteiger partial charge in [-0.05, 0) is 35.5 Å². The summed E-state index contributed by atoms with van der Waals surface area (Å²) in [5.74, 6) is -0.155. The van der Waals surface area contributed by atoms with E-state index in [9.17, 15) is 4.79 Å². The standard InChI is InChI=1S/C20H18Cl2N2O/c1-24(12-15-8-4-7-14-6-2-3-9-16(14)15)13-19(25)23-20-17(21)10-5-11-18(20)22/h2-11H,12-13H2,1H3,(H,23,25). The van der Waals surface area contributed by atoms with Crippen LogP contribution in [0.15, 0.2) is 60.7 Å². The van der Waals surface area contributed by atoms with Gasteiger partial charge in [0.15, 0.2) is 0 Å². The van der Waals surface area contributed by atoms with Crippen LogP contribution in [-0.4, -0.2) is 24.4 Å². The van der Waals surface area contributed by atoms with E-state index in [1.165, 1.54) is 16.3 Å². The number of benzene rings is 3. The second kappa shape index (κ2) is 7.87. The monoisotopic (exact) mass is 372 g/mol. The molecule has 25 heavy (non-hydrogen) atoms. The van der Waals surface area contributed by atoms with Crippen molar-refractivity contribution in [3.63, 3.8) is 0 Å². The summed E-state index contributed by atoms with van der Waals surface area (Å²) < 4.78 is 0. The molecule has 0 heterocycles. The lowest BCUT2D eigenvalue weighted by atomic mass is 10.0. The van der Waals surface area contributed by atoms with Gasteiger partial charge in [-0.1, -0.05) is 71.7 Å². The van der Waals surface area contributed by atoms with Gasteiger partial charge in [-0.15, -0.1) is 0 Å². The van der Waals surface area contributed by atoms with Crippen LogP contribution in [0.1, 0.15) is 5.56 Å². The number of halogens is 2. The molecule has 0 saturated carbocycles. The largest absolute Gasteiger partial charge is 0.322 e. The van der Waals surface area contributed by atoms with Gasteiger partial charge in [-0.2, -0.15) is 0 Å². The topological polar surface area (TPSA) is 32.3 Å². The number of carbonyl (C=O) groups excluding carboxylic acids is 1. The van der Waals surface area contributed by atoms with E-state index in [1.54, 1.807) is 18.2 Å². The quantitative estimate of drug-likeness (QED) is 0.665. The van der Waals surface area contributed by atoms with Crippen molar-refractivity contribution in [2.24, 2.45) is 0 Å². The summed E-state index contributed by atoms with van der Waals surface area (Å²) in [7, 11) is 1.91. The summed E-state index contributed by atoms with van der Waals surface area (Å²) >= 11 is 12.2. The number of rotatable bonds is 5. The molecular weight excluding hydrogens is 355 g/mol. The highest BCUT2D eigenvalue weighted by atomic mass is 35.5. The highest BCUT2D eigenvalue weighted by molar-refractivity contribution is 6.39. The number of hydrogen-bond donors (Lipinski definition) is 1. The zero-order chi connectivity index (χ0) is 17.8. The molecule has 0 aliphatic rings. The Morgan fingerprint density at radius 1 is 0.960 bits per heavy atom. The summed E-state index contributed by atoms with van der Waals surface area (Å²) in [5, 5.41) is 6.04. The average Bonchev–Trinajstić information content (AvgIpc) is 2.58. The number of nitrogens with zero attached hydrogens (tertiary/aromatic N) is 1. The Morgan fingerprint density at radius 3 is 2.36 bits per heavy atom. The molecule has 0 aliphatic carbocycles. The first-order valence-corrected chi connectivity index (χ1v) is 8.69. The number of hydrogen-bond acceptors (Lipinski definition) is 2. The van der Waals surface area contributed by atoms with Crippen molar-refractivity contribution in [3.8, 4) is 0 Å². The van der Waals surface area contributed by atoms with E-state index in [-0.39, 0.29) is 12.5 Å². The molecule has 0 bridgehead atoms. The first-order valence-electron chi connectivity index (χ1n) is 7.93. The van der Waals surface area contributed by atoms with Crippen LogP contribution in [-0.2, 0) is 11.3 Å². The van der Waals surface area contributed by atoms with Crippen molar-refractivity contribution < 1.29 is 4.79 Å². The Balaban J connectivity index is 1.68. The van der Waals surface area contributed by atoms with Crippen LogP contribution < -0.4 is 5.32 Å². The van der Waals surface area contributed by atoms with Gasteiger partial charge in [0.25, 0.3) is 0 Å². The van der Waals surface area contributed by atoms with Crippen LogP contribution in [0.2, 0.25) is 10.0 Å². The van der Waals surface area contributed by atoms with Crippen molar-refractivity contribution in [1.82, 2.24) is 4.90 Å². The fraction of sp³-hybridized carbons (Fsp3) is 0.150. The number of amides is 1. The van der Waals surface area contributed by atoms with E-state index in [4.69, 9.17) is 23.2 Å². The number of fused-ring (bicyclic) bond motifs is 1. The molecule has 5 heteroatoms. The van der Waals surface area contributed by atoms with Gasteiger partial charge in [0.1, 0.15) is 0 Å². The molecule has 0 unspecified atom stereocenters. The molecule has 0 aliphatic heterocycles. The highest BCUT2D eigenvalue weighted by Gasteiger charge is 2.12. The molecule has 0 spiro atoms. The second-order valence-electron chi connectivity index (χ2n) is 5.96. The highest BCUT2D eigenvalue weighted by Crippen LogP contribution is 2.29. The maximum absolute atomic E-state index is 12.3. The van der Waals surface area contributed by atoms with Crippen molar-refractivity contribution in [1.29, 1.82) is 0 Å². The Hall–Kier alpha value is -2.07. The molecule has 0 fully saturated rings. The zero-order valence-corrected chi connectivity index (χ0v) is 15.3. The first-order chi connectivity index (χ1) is 12.0. The van der Waals surface area contributed by atoms with Crippen LogP contribution in [0, 0.1) is 0 Å². The van der Waals surface area contributed by atoms with Crippen LogP contribution in [0.3, 0.4) is 0 Å². The molecule has 0 saturated heterocycles. The van der Waals surface area contributed by atoms with E-state index in [2.05, 4.69) is 29.6 Å². The maximum Gasteiger partial charge on any atom is 0.238 e. The fourth-order valence-electron chi connectivity index (χ4n) is 2.82. The predicted molar refractivity (Wildman–Crippen MR) is 105 cm³/mol. The number of carbonyl (C=O) groups is 1. The van der Waals surface area contributed by atoms with E-state index in [0.717, 1.165) is 0 Å². The number of likely N-dealkylation sites (N-methyl/N-ethyl adjacent to an activating group) is 1. The molecule has 3 aromatic carbocycles. The molecule has 3 rings (SSSR count). The van der Waals surface area contributed by atoms with Gasteiger partial charge >= 0.3 is 0 Å². The molecule has 0 aromatic heterocycles. The molecule has 3 nitrogen and oxygen atoms in total. The fourth-order valence-corrected chi connectivity index (χ4v) is 3.31. The van der Waals surface area contributed by atoms with Crippen LogP contribution in [0.5, 0.6) is 0 Å². The zero-order valence-electron chi connectivity index (χ0n) is 13.8. The van der Waals surface area contributed by atoms with Crippen molar-refractivity contribution >= 4 is 45.6 Å². The summed E-state index contributed by atoms with van der Waals surface area (Å²) in [4.78, 5) is 14.3. The first kappa shape index (κ1) is 17.7. The predicted octanol–water partition coefficient (Wildman–Crippen LogP) is 5.22. The third kappa shape index (κ3) is 4.31. The third-order valence-corrected chi connectivity index (χ3v) is 4.59. The minimum Gasteiger partial charge on any atom is -0.322 e. The SMILES string of the molecule is CN(CC(=O)Nc1c(Cl)cccc1Cl)Cc1cccc2ccccc12. The molecule has 1 N–H and O–H groups in total. The summed E-state index contributed by atoms with van der Waals surface area (Å²) in [6.07, 6.45) is 0. The normalized spacial score (nSPS) is 11.0. The lowest BCUT2D eigenvalue weighted by Crippen LogP contribution is -2.30. The Kier molecular flexibility index (Phi) is 5.59. The molecule has 3 aromatic rings. The van der Waals surface area contributed by atoms with E-state index in [0.29, 0.717) is 22.3 Å². The van der Waals surface area contributed by atoms with Gasteiger partial charge < -0.3 is 5.32 Å². The van der Waals surface area contributed by atoms with Crippen LogP contribution in [0.25, 0.3) is 10.8 Å². The number of para-hydroxylation sites is 1. The lowest BCUT2D eigenvalue weighted by molar-refractivity contribution is -0.117. The Morgan fingerprint density at radius 2 is 1.60 bits per heavy atom. The second-order valence-corrected chi connectivity index (χ2v) is 6.77. The van der Waals surface area contributed by atoms with Crippen molar-refractivity contribution in [3.05, 3.63) is 76.3 Å².